The molecule has 1 N–H and O–H groups in total. The summed E-state index contributed by atoms with van der Waals surface area (Å²) in [6, 6.07) is 0. The van der Waals surface area contributed by atoms with E-state index in [2.05, 4.69) is 0 Å². The van der Waals surface area contributed by atoms with Gasteiger partial charge in [0, 0.05) is 56.7 Å². The average molecular weight is 122 g/mol. The third kappa shape index (κ3) is 33.5. The summed E-state index contributed by atoms with van der Waals surface area (Å²) in [4.78, 5) is 8.12. The van der Waals surface area contributed by atoms with Crippen LogP contribution in [0.2, 0.25) is 0 Å². The van der Waals surface area contributed by atoms with Crippen molar-refractivity contribution in [3.05, 3.63) is 10.1 Å². The molecule has 0 rings (SSSR count). The molecule has 0 aromatic rings. The first-order valence-corrected chi connectivity index (χ1v) is 0.408. The summed E-state index contributed by atoms with van der Waals surface area (Å²) in [5, 5.41) is 8.38. The first-order valence-electron chi connectivity index (χ1n) is 0.408. The van der Waals surface area contributed by atoms with E-state index in [0.717, 1.165) is 0 Å². The van der Waals surface area contributed by atoms with Crippen molar-refractivity contribution in [2.24, 2.45) is 0 Å². The van der Waals surface area contributed by atoms with Gasteiger partial charge in [-0.15, -0.1) is 0 Å². The first kappa shape index (κ1) is 16.2. The van der Waals surface area contributed by atoms with Crippen LogP contribution in [0, 0.1) is 10.1 Å². The molecule has 0 saturated carbocycles. The van der Waals surface area contributed by atoms with Crippen LogP contribution >= 0.6 is 0 Å². The van der Waals surface area contributed by atoms with E-state index in [-0.39, 0.29) is 69.1 Å². The zero-order valence-electron chi connectivity index (χ0n) is 2.69. The second kappa shape index (κ2) is 18.4. The van der Waals surface area contributed by atoms with Crippen LogP contribution in [0.5, 0.6) is 0 Å². The molecule has 0 bridgehead atoms. The molecule has 0 aliphatic carbocycles. The average Bonchev–Trinajstić information content (AvgIpc) is 0.918. The Labute approximate surface area is 77.9 Å². The van der Waals surface area contributed by atoms with Gasteiger partial charge < -0.3 is 12.4 Å². The quantitative estimate of drug-likeness (QED) is 0.198. The normalized spacial score (nSPS) is 2.40. The van der Waals surface area contributed by atoms with Crippen LogP contribution in [0.1, 0.15) is 0 Å². The van der Waals surface area contributed by atoms with Gasteiger partial charge in [-0.05, 0) is 0 Å². The molecule has 0 amide bonds. The minimum atomic E-state index is 0. The number of nitrogens with one attached hydrogen (secondary N) is 1. The number of rotatable bonds is 0. The van der Waals surface area contributed by atoms with E-state index in [0.29, 0.717) is 0 Å². The summed E-state index contributed by atoms with van der Waals surface area (Å²) in [6.07, 6.45) is 0. The van der Waals surface area contributed by atoms with E-state index in [1.807, 2.05) is 0 Å². The molecule has 0 heterocycles. The van der Waals surface area contributed by atoms with Crippen LogP contribution in [-0.4, -0.2) is 51.4 Å². The SMILES string of the molecule is O=[NH+][O-].[Cl-].[K]. The molecule has 5 heteroatoms. The molecule has 0 aliphatic heterocycles. The molecule has 0 unspecified atom stereocenters. The van der Waals surface area contributed by atoms with Crippen molar-refractivity contribution in [2.75, 3.05) is 0 Å². The van der Waals surface area contributed by atoms with Crippen molar-refractivity contribution >= 4 is 51.4 Å². The van der Waals surface area contributed by atoms with Crippen LogP contribution in [0.25, 0.3) is 0 Å². The summed E-state index contributed by atoms with van der Waals surface area (Å²) in [5.74, 6) is 0. The molecule has 0 aromatic carbocycles. The van der Waals surface area contributed by atoms with E-state index >= 15 is 0 Å². The smallest absolute Gasteiger partial charge is 0.00366 e. The van der Waals surface area contributed by atoms with Gasteiger partial charge in [0.25, 0.3) is 0 Å². The Hall–Kier alpha value is 1.33. The van der Waals surface area contributed by atoms with E-state index in [1.54, 1.807) is 0 Å². The zero-order valence-corrected chi connectivity index (χ0v) is 6.57. The standard InChI is InChI=1S/ClH.K.HNO2/c;;2-1-3/h1H;;1H/p-1. The predicted octanol–water partition coefficient (Wildman–Crippen LogP) is -5.05. The Morgan fingerprint density at radius 1 is 1.60 bits per heavy atom. The van der Waals surface area contributed by atoms with Gasteiger partial charge in [-0.1, -0.05) is 0 Å². The molecular weight excluding hydrogens is 121 g/mol. The molecule has 0 fully saturated rings. The van der Waals surface area contributed by atoms with Gasteiger partial charge in [0.1, 0.15) is 0 Å². The fourth-order valence-corrected chi connectivity index (χ4v) is 0. The second-order valence-electron chi connectivity index (χ2n) is 0.0833. The molecule has 0 saturated heterocycles. The summed E-state index contributed by atoms with van der Waals surface area (Å²) >= 11 is 0. The van der Waals surface area contributed by atoms with Crippen LogP contribution < -0.4 is 17.7 Å². The van der Waals surface area contributed by atoms with Gasteiger partial charge in [0.15, 0.2) is 0 Å². The molecular formula is HClKNO2-. The first-order chi connectivity index (χ1) is 1.41. The van der Waals surface area contributed by atoms with Gasteiger partial charge >= 0.3 is 0 Å². The Morgan fingerprint density at radius 3 is 1.60 bits per heavy atom. The molecule has 27 valence electrons. The maximum atomic E-state index is 8.12. The van der Waals surface area contributed by atoms with Crippen molar-refractivity contribution in [3.8, 4) is 0 Å². The van der Waals surface area contributed by atoms with Gasteiger partial charge in [-0.2, -0.15) is 0 Å². The largest absolute Gasteiger partial charge is 1.00 e. The number of halogens is 1. The Morgan fingerprint density at radius 2 is 1.60 bits per heavy atom. The minimum absolute atomic E-state index is 0. The van der Waals surface area contributed by atoms with E-state index in [9.17, 15) is 0 Å². The van der Waals surface area contributed by atoms with Gasteiger partial charge in [0.05, 0.1) is 0 Å². The van der Waals surface area contributed by atoms with Crippen LogP contribution in [0.4, 0.5) is 0 Å². The van der Waals surface area contributed by atoms with Crippen molar-refractivity contribution < 1.29 is 17.7 Å². The number of hydrogen-bond acceptors (Lipinski definition) is 2. The molecule has 0 aromatic heterocycles. The maximum absolute atomic E-state index is 8.12. The van der Waals surface area contributed by atoms with E-state index < -0.39 is 0 Å². The topological polar surface area (TPSA) is 54.1 Å². The monoisotopic (exact) mass is 121 g/mol. The van der Waals surface area contributed by atoms with Gasteiger partial charge in [-0.3, -0.25) is 10.1 Å². The fourth-order valence-electron chi connectivity index (χ4n) is 0. The summed E-state index contributed by atoms with van der Waals surface area (Å²) in [7, 11) is 0. The predicted molar refractivity (Wildman–Crippen MR) is 13.5 cm³/mol. The number of hydrogen-bond donors (Lipinski definition) is 1. The molecule has 3 nitrogen and oxygen atoms in total. The third-order valence-corrected chi connectivity index (χ3v) is 0. The maximum Gasteiger partial charge on any atom is 0.00366 e. The Kier molecular flexibility index (Phi) is 59.8. The van der Waals surface area contributed by atoms with Crippen molar-refractivity contribution in [3.63, 3.8) is 0 Å². The third-order valence-electron chi connectivity index (χ3n) is 0. The summed E-state index contributed by atoms with van der Waals surface area (Å²) in [6.45, 7) is 0. The van der Waals surface area contributed by atoms with Crippen molar-refractivity contribution in [2.45, 2.75) is 0 Å². The molecule has 1 radical (unpaired) electrons. The Balaban J connectivity index is -0.0000000200. The minimum Gasteiger partial charge on any atom is -1.00 e. The Bertz CT molecular complexity index is 17.1. The molecule has 0 atom stereocenters. The van der Waals surface area contributed by atoms with Crippen LogP contribution in [0.3, 0.4) is 0 Å². The molecule has 5 heavy (non-hydrogen) atoms. The van der Waals surface area contributed by atoms with Gasteiger partial charge in [-0.25, -0.2) is 0 Å². The van der Waals surface area contributed by atoms with Crippen molar-refractivity contribution in [1.29, 1.82) is 0 Å². The van der Waals surface area contributed by atoms with Crippen LogP contribution in [-0.2, 0) is 0 Å². The molecule has 0 spiro atoms. The zero-order chi connectivity index (χ0) is 2.71. The van der Waals surface area contributed by atoms with Gasteiger partial charge in [0.2, 0.25) is 0 Å². The van der Waals surface area contributed by atoms with Crippen molar-refractivity contribution in [1.82, 2.24) is 0 Å². The fraction of sp³-hybridized carbons (Fsp3) is 0. The van der Waals surface area contributed by atoms with E-state index in [4.69, 9.17) is 10.1 Å². The van der Waals surface area contributed by atoms with Crippen LogP contribution in [0.15, 0.2) is 0 Å². The summed E-state index contributed by atoms with van der Waals surface area (Å²) in [5.41, 5.74) is 0. The second-order valence-corrected chi connectivity index (χ2v) is 0.0833. The van der Waals surface area contributed by atoms with E-state index in [1.165, 1.54) is 0 Å². The summed E-state index contributed by atoms with van der Waals surface area (Å²) < 4.78 is 0. The molecule has 0 aliphatic rings.